The van der Waals surface area contributed by atoms with Gasteiger partial charge in [0.25, 0.3) is 0 Å². The third-order valence-corrected chi connectivity index (χ3v) is 3.97. The van der Waals surface area contributed by atoms with Gasteiger partial charge in [0.15, 0.2) is 5.78 Å². The molecule has 0 spiro atoms. The van der Waals surface area contributed by atoms with Crippen LogP contribution in [0.3, 0.4) is 0 Å². The second kappa shape index (κ2) is 5.24. The van der Waals surface area contributed by atoms with Crippen LogP contribution in [0, 0.1) is 20.8 Å². The number of aryl methyl sites for hydroxylation is 3. The molecule has 0 aliphatic carbocycles. The van der Waals surface area contributed by atoms with Gasteiger partial charge >= 0.3 is 0 Å². The van der Waals surface area contributed by atoms with Crippen LogP contribution in [0.2, 0.25) is 0 Å². The van der Waals surface area contributed by atoms with Gasteiger partial charge in [-0.1, -0.05) is 53.6 Å². The third kappa shape index (κ3) is 2.67. The van der Waals surface area contributed by atoms with Crippen molar-refractivity contribution in [3.63, 3.8) is 0 Å². The van der Waals surface area contributed by atoms with Gasteiger partial charge in [0.2, 0.25) is 0 Å². The van der Waals surface area contributed by atoms with E-state index in [0.717, 1.165) is 16.7 Å². The molecule has 0 aliphatic rings. The highest BCUT2D eigenvalue weighted by Crippen LogP contribution is 2.29. The van der Waals surface area contributed by atoms with Crippen molar-refractivity contribution in [3.8, 4) is 0 Å². The van der Waals surface area contributed by atoms with Gasteiger partial charge in [-0.3, -0.25) is 4.79 Å². The quantitative estimate of drug-likeness (QED) is 0.731. The smallest absolute Gasteiger partial charge is 0.173 e. The lowest BCUT2D eigenvalue weighted by molar-refractivity contribution is 0.0908. The zero-order chi connectivity index (χ0) is 14.9. The number of Topliss-reactive ketones (excluding diaryl/α,β-unsaturated/α-hetero) is 1. The molecule has 0 fully saturated rings. The zero-order valence-electron chi connectivity index (χ0n) is 12.9. The number of carbonyl (C=O) groups excluding carboxylic acids is 1. The molecule has 1 heteroatoms. The number of rotatable bonds is 3. The fourth-order valence-corrected chi connectivity index (χ4v) is 2.51. The standard InChI is InChI=1S/C19H22O/c1-13-6-9-16(10-7-13)19(4,5)18(20)17-11-8-14(2)12-15(17)3/h6-12H,1-5H3. The van der Waals surface area contributed by atoms with Gasteiger partial charge in [-0.05, 0) is 45.7 Å². The highest BCUT2D eigenvalue weighted by Gasteiger charge is 2.31. The Balaban J connectivity index is 2.42. The lowest BCUT2D eigenvalue weighted by Crippen LogP contribution is -2.29. The second-order valence-electron chi connectivity index (χ2n) is 6.14. The molecule has 2 aromatic carbocycles. The maximum absolute atomic E-state index is 12.9. The van der Waals surface area contributed by atoms with Crippen LogP contribution in [-0.2, 0) is 5.41 Å². The SMILES string of the molecule is Cc1ccc(C(C)(C)C(=O)c2ccc(C)cc2C)cc1. The van der Waals surface area contributed by atoms with E-state index in [9.17, 15) is 4.79 Å². The van der Waals surface area contributed by atoms with E-state index in [1.165, 1.54) is 11.1 Å². The molecule has 2 rings (SSSR count). The van der Waals surface area contributed by atoms with Crippen molar-refractivity contribution in [3.05, 3.63) is 70.3 Å². The number of ketones is 1. The Morgan fingerprint density at radius 2 is 1.40 bits per heavy atom. The summed E-state index contributed by atoms with van der Waals surface area (Å²) in [5.74, 6) is 0.179. The van der Waals surface area contributed by atoms with Gasteiger partial charge in [0, 0.05) is 5.56 Å². The summed E-state index contributed by atoms with van der Waals surface area (Å²) in [6, 6.07) is 14.2. The number of carbonyl (C=O) groups is 1. The predicted octanol–water partition coefficient (Wildman–Crippen LogP) is 4.77. The van der Waals surface area contributed by atoms with E-state index >= 15 is 0 Å². The minimum absolute atomic E-state index is 0.179. The monoisotopic (exact) mass is 266 g/mol. The highest BCUT2D eigenvalue weighted by molar-refractivity contribution is 6.04. The number of hydrogen-bond acceptors (Lipinski definition) is 1. The molecule has 0 heterocycles. The molecule has 20 heavy (non-hydrogen) atoms. The van der Waals surface area contributed by atoms with Crippen molar-refractivity contribution in [1.29, 1.82) is 0 Å². The Labute approximate surface area is 121 Å². The molecule has 2 aromatic rings. The average Bonchev–Trinajstić information content (AvgIpc) is 2.38. The molecule has 0 aliphatic heterocycles. The molecule has 0 unspecified atom stereocenters. The van der Waals surface area contributed by atoms with E-state index < -0.39 is 5.41 Å². The van der Waals surface area contributed by atoms with Crippen molar-refractivity contribution in [2.75, 3.05) is 0 Å². The first-order valence-corrected chi connectivity index (χ1v) is 7.01. The van der Waals surface area contributed by atoms with Gasteiger partial charge < -0.3 is 0 Å². The molecule has 104 valence electrons. The summed E-state index contributed by atoms with van der Waals surface area (Å²) < 4.78 is 0. The Morgan fingerprint density at radius 3 is 1.95 bits per heavy atom. The summed E-state index contributed by atoms with van der Waals surface area (Å²) in [5, 5.41) is 0. The Morgan fingerprint density at radius 1 is 0.850 bits per heavy atom. The predicted molar refractivity (Wildman–Crippen MR) is 84.5 cm³/mol. The highest BCUT2D eigenvalue weighted by atomic mass is 16.1. The molecule has 0 saturated heterocycles. The number of benzene rings is 2. The van der Waals surface area contributed by atoms with E-state index in [4.69, 9.17) is 0 Å². The van der Waals surface area contributed by atoms with E-state index in [2.05, 4.69) is 37.3 Å². The third-order valence-electron chi connectivity index (χ3n) is 3.97. The molecule has 0 radical (unpaired) electrons. The zero-order valence-corrected chi connectivity index (χ0v) is 12.9. The summed E-state index contributed by atoms with van der Waals surface area (Å²) in [6.45, 7) is 10.1. The molecule has 0 bridgehead atoms. The van der Waals surface area contributed by atoms with E-state index in [1.54, 1.807) is 0 Å². The fourth-order valence-electron chi connectivity index (χ4n) is 2.51. The Bertz CT molecular complexity index is 633. The first-order chi connectivity index (χ1) is 9.32. The lowest BCUT2D eigenvalue weighted by Gasteiger charge is -2.25. The van der Waals surface area contributed by atoms with Crippen LogP contribution in [0.4, 0.5) is 0 Å². The minimum Gasteiger partial charge on any atom is -0.293 e. The first kappa shape index (κ1) is 14.5. The van der Waals surface area contributed by atoms with Crippen LogP contribution < -0.4 is 0 Å². The molecular formula is C19H22O. The molecule has 0 saturated carbocycles. The van der Waals surface area contributed by atoms with Crippen molar-refractivity contribution < 1.29 is 4.79 Å². The van der Waals surface area contributed by atoms with Crippen LogP contribution in [0.15, 0.2) is 42.5 Å². The summed E-state index contributed by atoms with van der Waals surface area (Å²) in [7, 11) is 0. The van der Waals surface area contributed by atoms with Crippen molar-refractivity contribution in [1.82, 2.24) is 0 Å². The molecule has 1 nitrogen and oxygen atoms in total. The number of hydrogen-bond donors (Lipinski definition) is 0. The maximum atomic E-state index is 12.9. The summed E-state index contributed by atoms with van der Waals surface area (Å²) in [4.78, 5) is 12.9. The van der Waals surface area contributed by atoms with Gasteiger partial charge in [0.1, 0.15) is 0 Å². The van der Waals surface area contributed by atoms with Crippen LogP contribution in [0.5, 0.6) is 0 Å². The van der Waals surface area contributed by atoms with E-state index in [1.807, 2.05) is 39.8 Å². The average molecular weight is 266 g/mol. The van der Waals surface area contributed by atoms with Gasteiger partial charge in [0.05, 0.1) is 5.41 Å². The van der Waals surface area contributed by atoms with Gasteiger partial charge in [-0.2, -0.15) is 0 Å². The van der Waals surface area contributed by atoms with E-state index in [-0.39, 0.29) is 5.78 Å². The lowest BCUT2D eigenvalue weighted by atomic mass is 9.77. The fraction of sp³-hybridized carbons (Fsp3) is 0.316. The minimum atomic E-state index is -0.506. The van der Waals surface area contributed by atoms with Crippen LogP contribution in [0.1, 0.15) is 46.5 Å². The Kier molecular flexibility index (Phi) is 3.80. The van der Waals surface area contributed by atoms with Crippen molar-refractivity contribution >= 4 is 5.78 Å². The largest absolute Gasteiger partial charge is 0.293 e. The molecule has 0 amide bonds. The van der Waals surface area contributed by atoms with Gasteiger partial charge in [-0.15, -0.1) is 0 Å². The van der Waals surface area contributed by atoms with Crippen LogP contribution in [-0.4, -0.2) is 5.78 Å². The first-order valence-electron chi connectivity index (χ1n) is 7.01. The van der Waals surface area contributed by atoms with Crippen molar-refractivity contribution in [2.24, 2.45) is 0 Å². The van der Waals surface area contributed by atoms with Crippen molar-refractivity contribution in [2.45, 2.75) is 40.0 Å². The van der Waals surface area contributed by atoms with Crippen LogP contribution in [0.25, 0.3) is 0 Å². The van der Waals surface area contributed by atoms with Gasteiger partial charge in [-0.25, -0.2) is 0 Å². The maximum Gasteiger partial charge on any atom is 0.173 e. The summed E-state index contributed by atoms with van der Waals surface area (Å²) in [5.41, 5.74) is 4.83. The molecule has 0 aromatic heterocycles. The second-order valence-corrected chi connectivity index (χ2v) is 6.14. The van der Waals surface area contributed by atoms with Crippen LogP contribution >= 0.6 is 0 Å². The van der Waals surface area contributed by atoms with E-state index in [0.29, 0.717) is 0 Å². The summed E-state index contributed by atoms with van der Waals surface area (Å²) >= 11 is 0. The summed E-state index contributed by atoms with van der Waals surface area (Å²) in [6.07, 6.45) is 0. The molecule has 0 N–H and O–H groups in total. The normalized spacial score (nSPS) is 11.4. The molecular weight excluding hydrogens is 244 g/mol. The Hall–Kier alpha value is -1.89. The topological polar surface area (TPSA) is 17.1 Å². The molecule has 0 atom stereocenters.